The largest absolute Gasteiger partial charge is 0.325 e. The summed E-state index contributed by atoms with van der Waals surface area (Å²) in [5.74, 6) is -1.21. The van der Waals surface area contributed by atoms with Crippen LogP contribution < -0.4 is 10.6 Å². The second-order valence-corrected chi connectivity index (χ2v) is 10.8. The number of carbonyl (C=O) groups is 2. The number of piperidine rings is 1. The van der Waals surface area contributed by atoms with E-state index in [0.717, 1.165) is 29.4 Å². The molecule has 3 rings (SSSR count). The van der Waals surface area contributed by atoms with Crippen molar-refractivity contribution in [3.8, 4) is 0 Å². The summed E-state index contributed by atoms with van der Waals surface area (Å²) in [6, 6.07) is 5.60. The minimum Gasteiger partial charge on any atom is -0.325 e. The minimum atomic E-state index is -3.24. The standard InChI is InChI=1S/C17H20FN5O4S3/c1-30(26,27)23-7-5-11(6-8-23)15(25)20-16-21-22-17(29-16)28-10-14(24)19-13-4-2-3-12(18)9-13/h2-4,9,11H,5-8,10H2,1H3,(H,19,24)(H,20,21,25). The first-order chi connectivity index (χ1) is 14.2. The first kappa shape index (κ1) is 22.6. The Bertz CT molecular complexity index is 1020. The average molecular weight is 474 g/mol. The van der Waals surface area contributed by atoms with Crippen molar-refractivity contribution >= 4 is 55.8 Å². The van der Waals surface area contributed by atoms with Crippen LogP contribution in [0.4, 0.5) is 15.2 Å². The molecule has 2 amide bonds. The molecule has 2 N–H and O–H groups in total. The highest BCUT2D eigenvalue weighted by Gasteiger charge is 2.29. The maximum Gasteiger partial charge on any atom is 0.234 e. The molecule has 2 heterocycles. The van der Waals surface area contributed by atoms with Crippen LogP contribution in [-0.4, -0.2) is 59.8 Å². The van der Waals surface area contributed by atoms with Gasteiger partial charge in [0.15, 0.2) is 4.34 Å². The molecule has 1 aliphatic heterocycles. The van der Waals surface area contributed by atoms with Crippen LogP contribution in [0, 0.1) is 11.7 Å². The van der Waals surface area contributed by atoms with Crippen LogP contribution in [0.25, 0.3) is 0 Å². The normalized spacial score (nSPS) is 15.7. The lowest BCUT2D eigenvalue weighted by Gasteiger charge is -2.29. The van der Waals surface area contributed by atoms with E-state index >= 15 is 0 Å². The van der Waals surface area contributed by atoms with Crippen molar-refractivity contribution in [2.24, 2.45) is 5.92 Å². The minimum absolute atomic E-state index is 0.0586. The van der Waals surface area contributed by atoms with Gasteiger partial charge in [0.25, 0.3) is 0 Å². The zero-order valence-electron chi connectivity index (χ0n) is 16.0. The number of hydrogen-bond donors (Lipinski definition) is 2. The fourth-order valence-corrected chi connectivity index (χ4v) is 5.30. The van der Waals surface area contributed by atoms with Crippen molar-refractivity contribution in [3.63, 3.8) is 0 Å². The molecule has 1 fully saturated rings. The lowest BCUT2D eigenvalue weighted by atomic mass is 9.97. The monoisotopic (exact) mass is 473 g/mol. The molecule has 1 aromatic carbocycles. The van der Waals surface area contributed by atoms with E-state index in [-0.39, 0.29) is 23.5 Å². The van der Waals surface area contributed by atoms with Crippen LogP contribution in [0.1, 0.15) is 12.8 Å². The Morgan fingerprint density at radius 2 is 2.00 bits per heavy atom. The van der Waals surface area contributed by atoms with Crippen molar-refractivity contribution < 1.29 is 22.4 Å². The molecule has 162 valence electrons. The van der Waals surface area contributed by atoms with E-state index < -0.39 is 15.8 Å². The van der Waals surface area contributed by atoms with Gasteiger partial charge in [-0.15, -0.1) is 10.2 Å². The van der Waals surface area contributed by atoms with Crippen molar-refractivity contribution in [2.45, 2.75) is 17.2 Å². The summed E-state index contributed by atoms with van der Waals surface area (Å²) in [7, 11) is -3.24. The first-order valence-electron chi connectivity index (χ1n) is 8.98. The summed E-state index contributed by atoms with van der Waals surface area (Å²) in [5, 5.41) is 13.5. The van der Waals surface area contributed by atoms with Crippen LogP contribution in [0.5, 0.6) is 0 Å². The number of nitrogens with one attached hydrogen (secondary N) is 2. The maximum atomic E-state index is 13.1. The number of aromatic nitrogens is 2. The summed E-state index contributed by atoms with van der Waals surface area (Å²) < 4.78 is 38.1. The van der Waals surface area contributed by atoms with Gasteiger partial charge in [0, 0.05) is 24.7 Å². The zero-order chi connectivity index (χ0) is 21.7. The molecule has 13 heteroatoms. The van der Waals surface area contributed by atoms with Crippen molar-refractivity contribution in [2.75, 3.05) is 35.7 Å². The van der Waals surface area contributed by atoms with Crippen molar-refractivity contribution in [1.29, 1.82) is 0 Å². The van der Waals surface area contributed by atoms with Crippen LogP contribution in [0.3, 0.4) is 0 Å². The van der Waals surface area contributed by atoms with Gasteiger partial charge in [-0.2, -0.15) is 0 Å². The number of nitrogens with zero attached hydrogens (tertiary/aromatic N) is 3. The predicted octanol–water partition coefficient (Wildman–Crippen LogP) is 2.02. The molecule has 0 atom stereocenters. The molecule has 1 aromatic heterocycles. The van der Waals surface area contributed by atoms with Crippen LogP contribution in [-0.2, 0) is 19.6 Å². The summed E-state index contributed by atoms with van der Waals surface area (Å²) in [6.45, 7) is 0.628. The van der Waals surface area contributed by atoms with Crippen LogP contribution >= 0.6 is 23.1 Å². The third-order valence-corrected chi connectivity index (χ3v) is 7.64. The number of carbonyl (C=O) groups excluding carboxylic acids is 2. The van der Waals surface area contributed by atoms with Gasteiger partial charge in [-0.3, -0.25) is 9.59 Å². The van der Waals surface area contributed by atoms with E-state index in [1.807, 2.05) is 0 Å². The molecular weight excluding hydrogens is 453 g/mol. The lowest BCUT2D eigenvalue weighted by Crippen LogP contribution is -2.40. The Kier molecular flexibility index (Phi) is 7.39. The third kappa shape index (κ3) is 6.45. The number of halogens is 1. The highest BCUT2D eigenvalue weighted by Crippen LogP contribution is 2.27. The summed E-state index contributed by atoms with van der Waals surface area (Å²) in [4.78, 5) is 24.4. The Hall–Kier alpha value is -2.09. The molecule has 0 saturated carbocycles. The van der Waals surface area contributed by atoms with Gasteiger partial charge in [0.2, 0.25) is 27.0 Å². The molecular formula is C17H20FN5O4S3. The smallest absolute Gasteiger partial charge is 0.234 e. The number of hydrogen-bond acceptors (Lipinski definition) is 8. The van der Waals surface area contributed by atoms with Gasteiger partial charge in [0.05, 0.1) is 12.0 Å². The van der Waals surface area contributed by atoms with Crippen LogP contribution in [0.2, 0.25) is 0 Å². The molecule has 0 radical (unpaired) electrons. The molecule has 0 unspecified atom stereocenters. The quantitative estimate of drug-likeness (QED) is 0.466. The lowest BCUT2D eigenvalue weighted by molar-refractivity contribution is -0.121. The molecule has 0 bridgehead atoms. The molecule has 9 nitrogen and oxygen atoms in total. The summed E-state index contributed by atoms with van der Waals surface area (Å²) in [5.41, 5.74) is 0.368. The van der Waals surface area contributed by atoms with Gasteiger partial charge in [0.1, 0.15) is 5.82 Å². The van der Waals surface area contributed by atoms with Gasteiger partial charge < -0.3 is 10.6 Å². The Morgan fingerprint density at radius 1 is 1.27 bits per heavy atom. The number of anilines is 2. The second kappa shape index (κ2) is 9.81. The highest BCUT2D eigenvalue weighted by atomic mass is 32.2. The topological polar surface area (TPSA) is 121 Å². The van der Waals surface area contributed by atoms with E-state index in [9.17, 15) is 22.4 Å². The summed E-state index contributed by atoms with van der Waals surface area (Å²) >= 11 is 2.30. The molecule has 0 spiro atoms. The molecule has 0 aliphatic carbocycles. The van der Waals surface area contributed by atoms with Gasteiger partial charge >= 0.3 is 0 Å². The van der Waals surface area contributed by atoms with Gasteiger partial charge in [-0.25, -0.2) is 17.1 Å². The number of amides is 2. The van der Waals surface area contributed by atoms with E-state index in [2.05, 4.69) is 20.8 Å². The highest BCUT2D eigenvalue weighted by molar-refractivity contribution is 8.01. The number of thioether (sulfide) groups is 1. The van der Waals surface area contributed by atoms with Crippen LogP contribution in [0.15, 0.2) is 28.6 Å². The fourth-order valence-electron chi connectivity index (χ4n) is 2.87. The third-order valence-electron chi connectivity index (χ3n) is 4.37. The average Bonchev–Trinajstić information content (AvgIpc) is 3.13. The molecule has 30 heavy (non-hydrogen) atoms. The SMILES string of the molecule is CS(=O)(=O)N1CCC(C(=O)Nc2nnc(SCC(=O)Nc3cccc(F)c3)s2)CC1. The van der Waals surface area contributed by atoms with Gasteiger partial charge in [-0.1, -0.05) is 29.2 Å². The maximum absolute atomic E-state index is 13.1. The Balaban J connectivity index is 1.44. The molecule has 2 aromatic rings. The predicted molar refractivity (Wildman–Crippen MR) is 113 cm³/mol. The molecule has 1 aliphatic rings. The second-order valence-electron chi connectivity index (χ2n) is 6.65. The van der Waals surface area contributed by atoms with E-state index in [1.165, 1.54) is 22.5 Å². The fraction of sp³-hybridized carbons (Fsp3) is 0.412. The molecule has 1 saturated heterocycles. The Morgan fingerprint density at radius 3 is 2.67 bits per heavy atom. The van der Waals surface area contributed by atoms with E-state index in [1.54, 1.807) is 6.07 Å². The number of rotatable bonds is 7. The zero-order valence-corrected chi connectivity index (χ0v) is 18.4. The Labute approximate surface area is 181 Å². The van der Waals surface area contributed by atoms with Gasteiger partial charge in [-0.05, 0) is 31.0 Å². The number of sulfonamides is 1. The van der Waals surface area contributed by atoms with Crippen molar-refractivity contribution in [1.82, 2.24) is 14.5 Å². The first-order valence-corrected chi connectivity index (χ1v) is 12.6. The van der Waals surface area contributed by atoms with E-state index in [0.29, 0.717) is 41.1 Å². The van der Waals surface area contributed by atoms with Crippen molar-refractivity contribution in [3.05, 3.63) is 30.1 Å². The van der Waals surface area contributed by atoms with E-state index in [4.69, 9.17) is 0 Å². The summed E-state index contributed by atoms with van der Waals surface area (Å²) in [6.07, 6.45) is 2.05. The number of benzene rings is 1.